The van der Waals surface area contributed by atoms with Crippen molar-refractivity contribution in [2.45, 2.75) is 46.0 Å². The summed E-state index contributed by atoms with van der Waals surface area (Å²) in [6, 6.07) is 0. The molecule has 2 N–H and O–H groups in total. The molecule has 0 aliphatic heterocycles. The van der Waals surface area contributed by atoms with E-state index in [4.69, 9.17) is 0 Å². The summed E-state index contributed by atoms with van der Waals surface area (Å²) in [7, 11) is 0. The first kappa shape index (κ1) is 20.2. The molecular weight excluding hydrogens is 264 g/mol. The van der Waals surface area contributed by atoms with Crippen LogP contribution in [-0.4, -0.2) is 4.32 Å². The summed E-state index contributed by atoms with van der Waals surface area (Å²) in [5.41, 5.74) is 4.66. The molecule has 0 atom stereocenters. The van der Waals surface area contributed by atoms with E-state index in [1.54, 1.807) is 0 Å². The third-order valence-electron chi connectivity index (χ3n) is 1.53. The molecule has 0 aliphatic rings. The van der Waals surface area contributed by atoms with Gasteiger partial charge in [0, 0.05) is 0 Å². The van der Waals surface area contributed by atoms with Gasteiger partial charge in [0.25, 0.3) is 0 Å². The van der Waals surface area contributed by atoms with Crippen molar-refractivity contribution < 1.29 is 19.5 Å². The Morgan fingerprint density at radius 3 is 2.07 bits per heavy atom. The topological polar surface area (TPSA) is 26.0 Å². The van der Waals surface area contributed by atoms with Crippen LogP contribution >= 0.6 is 12.2 Å². The van der Waals surface area contributed by atoms with Crippen LogP contribution in [0.1, 0.15) is 46.0 Å². The summed E-state index contributed by atoms with van der Waals surface area (Å²) < 4.78 is 0.0833. The molecule has 0 saturated heterocycles. The van der Waals surface area contributed by atoms with Crippen LogP contribution in [0.25, 0.3) is 0 Å². The van der Waals surface area contributed by atoms with E-state index >= 15 is 0 Å². The van der Waals surface area contributed by atoms with Crippen molar-refractivity contribution in [2.75, 3.05) is 0 Å². The van der Waals surface area contributed by atoms with E-state index in [-0.39, 0.29) is 23.8 Å². The molecule has 0 radical (unpaired) electrons. The Kier molecular flexibility index (Phi) is 23.3. The molecule has 0 heterocycles. The van der Waals surface area contributed by atoms with Crippen molar-refractivity contribution in [3.05, 3.63) is 6.92 Å². The molecule has 0 aromatic carbocycles. The minimum atomic E-state index is 0. The molecule has 0 spiro atoms. The summed E-state index contributed by atoms with van der Waals surface area (Å²) in [6.45, 7) is 8.37. The van der Waals surface area contributed by atoms with Crippen LogP contribution in [0.4, 0.5) is 0 Å². The molecule has 0 saturated carbocycles. The number of hydrogen-bond acceptors (Lipinski definition) is 2. The number of hydrogen-bond donors (Lipinski definition) is 1. The molecule has 0 rings (SSSR count). The largest absolute Gasteiger partial charge is 2.00 e. The van der Waals surface area contributed by atoms with Gasteiger partial charge in [0.15, 0.2) is 0 Å². The monoisotopic (exact) mass is 283 g/mol. The van der Waals surface area contributed by atoms with E-state index in [1.165, 1.54) is 25.7 Å². The SMILES string of the molecule is NC(=S)[S-].[CH2-]CCCCCC(C)C.[Zn+2]. The van der Waals surface area contributed by atoms with E-state index in [1.807, 2.05) is 0 Å². The normalized spacial score (nSPS) is 8.57. The zero-order valence-corrected chi connectivity index (χ0v) is 14.0. The Morgan fingerprint density at radius 1 is 1.36 bits per heavy atom. The van der Waals surface area contributed by atoms with Gasteiger partial charge in [-0.3, -0.25) is 0 Å². The van der Waals surface area contributed by atoms with Gasteiger partial charge in [-0.15, -0.1) is 0 Å². The third kappa shape index (κ3) is 38.7. The standard InChI is InChI=1S/C9H19.CH3NS2.Zn/c1-4-5-6-7-8-9(2)3;2-1(3)4;/h9H,1,4-8H2,2-3H3;(H3,2,3,4);/q-1;;+2/p-1. The van der Waals surface area contributed by atoms with Gasteiger partial charge in [0.2, 0.25) is 0 Å². The van der Waals surface area contributed by atoms with Crippen LogP contribution in [0.3, 0.4) is 0 Å². The second kappa shape index (κ2) is 16.2. The van der Waals surface area contributed by atoms with Gasteiger partial charge in [-0.1, -0.05) is 43.9 Å². The summed E-state index contributed by atoms with van der Waals surface area (Å²) in [5.74, 6) is 0.884. The van der Waals surface area contributed by atoms with Crippen molar-refractivity contribution in [3.63, 3.8) is 0 Å². The van der Waals surface area contributed by atoms with E-state index in [2.05, 4.69) is 51.4 Å². The minimum Gasteiger partial charge on any atom is -0.415 e. The summed E-state index contributed by atoms with van der Waals surface area (Å²) in [6.07, 6.45) is 6.58. The molecule has 0 bridgehead atoms. The molecule has 1 nitrogen and oxygen atoms in total. The van der Waals surface area contributed by atoms with E-state index in [0.717, 1.165) is 12.3 Å². The van der Waals surface area contributed by atoms with Crippen molar-refractivity contribution in [2.24, 2.45) is 11.7 Å². The molecule has 4 heteroatoms. The first-order valence-corrected chi connectivity index (χ1v) is 5.58. The maximum absolute atomic E-state index is 4.66. The number of rotatable bonds is 5. The van der Waals surface area contributed by atoms with Crippen LogP contribution in [0, 0.1) is 12.8 Å². The molecule has 0 aromatic rings. The number of thiocarbonyl (C=S) groups is 1. The van der Waals surface area contributed by atoms with Crippen molar-refractivity contribution in [1.82, 2.24) is 0 Å². The van der Waals surface area contributed by atoms with Gasteiger partial charge >= 0.3 is 19.5 Å². The van der Waals surface area contributed by atoms with Gasteiger partial charge in [-0.2, -0.15) is 6.42 Å². The van der Waals surface area contributed by atoms with Crippen LogP contribution in [0.5, 0.6) is 0 Å². The molecule has 0 fully saturated rings. The van der Waals surface area contributed by atoms with Crippen molar-refractivity contribution >= 4 is 29.2 Å². The Morgan fingerprint density at radius 2 is 1.79 bits per heavy atom. The summed E-state index contributed by atoms with van der Waals surface area (Å²) >= 11 is 8.26. The van der Waals surface area contributed by atoms with E-state index in [0.29, 0.717) is 0 Å². The van der Waals surface area contributed by atoms with Crippen molar-refractivity contribution in [3.8, 4) is 0 Å². The Balaban J connectivity index is -0.000000209. The molecule has 0 aromatic heterocycles. The van der Waals surface area contributed by atoms with Gasteiger partial charge in [-0.25, -0.2) is 0 Å². The maximum Gasteiger partial charge on any atom is 2.00 e. The smallest absolute Gasteiger partial charge is 0.415 e. The average molecular weight is 285 g/mol. The minimum absolute atomic E-state index is 0. The average Bonchev–Trinajstić information content (AvgIpc) is 1.97. The molecule has 0 amide bonds. The fourth-order valence-electron chi connectivity index (χ4n) is 0.906. The van der Waals surface area contributed by atoms with Gasteiger partial charge < -0.3 is 37.5 Å². The summed E-state index contributed by atoms with van der Waals surface area (Å²) in [4.78, 5) is 0. The van der Waals surface area contributed by atoms with Crippen LogP contribution < -0.4 is 5.73 Å². The second-order valence-corrected chi connectivity index (χ2v) is 4.55. The van der Waals surface area contributed by atoms with Gasteiger partial charge in [-0.05, 0) is 5.92 Å². The third-order valence-corrected chi connectivity index (χ3v) is 1.53. The maximum atomic E-state index is 4.66. The Hall–Kier alpha value is 0.733. The molecule has 0 aliphatic carbocycles. The van der Waals surface area contributed by atoms with Gasteiger partial charge in [0.1, 0.15) is 0 Å². The van der Waals surface area contributed by atoms with Crippen LogP contribution in [-0.2, 0) is 32.1 Å². The molecule has 80 valence electrons. The van der Waals surface area contributed by atoms with Crippen molar-refractivity contribution in [1.29, 1.82) is 0 Å². The predicted molar refractivity (Wildman–Crippen MR) is 67.4 cm³/mol. The van der Waals surface area contributed by atoms with E-state index < -0.39 is 0 Å². The van der Waals surface area contributed by atoms with Crippen LogP contribution in [0.15, 0.2) is 0 Å². The Bertz CT molecular complexity index is 115. The number of unbranched alkanes of at least 4 members (excludes halogenated alkanes) is 3. The van der Waals surface area contributed by atoms with Gasteiger partial charge in [0.05, 0.1) is 0 Å². The summed E-state index contributed by atoms with van der Waals surface area (Å²) in [5, 5.41) is 0. The zero-order chi connectivity index (χ0) is 10.7. The van der Waals surface area contributed by atoms with Crippen LogP contribution in [0.2, 0.25) is 0 Å². The fourth-order valence-corrected chi connectivity index (χ4v) is 0.906. The van der Waals surface area contributed by atoms with E-state index in [9.17, 15) is 0 Å². The first-order chi connectivity index (χ1) is 6.00. The molecule has 14 heavy (non-hydrogen) atoms. The molecule has 0 unspecified atom stereocenters. The quantitative estimate of drug-likeness (QED) is 0.276. The first-order valence-electron chi connectivity index (χ1n) is 4.76. The predicted octanol–water partition coefficient (Wildman–Crippen LogP) is 3.20. The fraction of sp³-hybridized carbons (Fsp3) is 0.800. The molecular formula is C10H21NS2Zn. The zero-order valence-electron chi connectivity index (χ0n) is 9.42. The second-order valence-electron chi connectivity index (χ2n) is 3.42. The Labute approximate surface area is 113 Å². The number of nitrogens with two attached hydrogens (primary N) is 1.